The van der Waals surface area contributed by atoms with E-state index >= 15 is 0 Å². The molecule has 0 spiro atoms. The zero-order valence-corrected chi connectivity index (χ0v) is 11.8. The van der Waals surface area contributed by atoms with Crippen LogP contribution in [0, 0.1) is 0 Å². The highest BCUT2D eigenvalue weighted by molar-refractivity contribution is 9.10. The molecular weight excluding hydrogens is 292 g/mol. The molecule has 0 saturated heterocycles. The van der Waals surface area contributed by atoms with E-state index in [1.54, 1.807) is 10.6 Å². The lowest BCUT2D eigenvalue weighted by Crippen LogP contribution is -2.24. The standard InChI is InChI=1S/C14H15BrN2O/c1-2-9-17-13(8-7-12(16)14(17)18)10-3-5-11(15)6-4-10/h3-8H,2,9,16H2,1H3. The minimum Gasteiger partial charge on any atom is -0.394 e. The van der Waals surface area contributed by atoms with Crippen LogP contribution < -0.4 is 11.3 Å². The van der Waals surface area contributed by atoms with Gasteiger partial charge < -0.3 is 10.3 Å². The van der Waals surface area contributed by atoms with Gasteiger partial charge in [0.1, 0.15) is 0 Å². The Morgan fingerprint density at radius 1 is 1.17 bits per heavy atom. The van der Waals surface area contributed by atoms with E-state index in [-0.39, 0.29) is 5.56 Å². The number of benzene rings is 1. The van der Waals surface area contributed by atoms with Gasteiger partial charge in [-0.05, 0) is 36.2 Å². The van der Waals surface area contributed by atoms with Crippen LogP contribution in [0.1, 0.15) is 13.3 Å². The molecule has 4 heteroatoms. The number of nitrogen functional groups attached to an aromatic ring is 1. The van der Waals surface area contributed by atoms with Crippen molar-refractivity contribution >= 4 is 21.6 Å². The van der Waals surface area contributed by atoms with E-state index in [0.717, 1.165) is 22.2 Å². The van der Waals surface area contributed by atoms with Crippen LogP contribution in [0.15, 0.2) is 45.7 Å². The molecule has 1 aromatic carbocycles. The lowest BCUT2D eigenvalue weighted by Gasteiger charge is -2.13. The van der Waals surface area contributed by atoms with E-state index in [0.29, 0.717) is 12.2 Å². The first-order valence-electron chi connectivity index (χ1n) is 5.88. The maximum absolute atomic E-state index is 12.0. The van der Waals surface area contributed by atoms with Gasteiger partial charge in [0.05, 0.1) is 11.4 Å². The molecule has 0 amide bonds. The molecule has 2 N–H and O–H groups in total. The molecule has 2 rings (SSSR count). The smallest absolute Gasteiger partial charge is 0.274 e. The number of aromatic nitrogens is 1. The molecule has 1 aromatic heterocycles. The summed E-state index contributed by atoms with van der Waals surface area (Å²) in [7, 11) is 0. The molecular formula is C14H15BrN2O. The van der Waals surface area contributed by atoms with Crippen LogP contribution in [0.5, 0.6) is 0 Å². The molecule has 1 heterocycles. The average molecular weight is 307 g/mol. The number of nitrogens with zero attached hydrogens (tertiary/aromatic N) is 1. The Morgan fingerprint density at radius 2 is 1.83 bits per heavy atom. The van der Waals surface area contributed by atoms with E-state index in [2.05, 4.69) is 15.9 Å². The van der Waals surface area contributed by atoms with E-state index < -0.39 is 0 Å². The van der Waals surface area contributed by atoms with Gasteiger partial charge in [0.25, 0.3) is 5.56 Å². The molecule has 0 bridgehead atoms. The molecule has 18 heavy (non-hydrogen) atoms. The van der Waals surface area contributed by atoms with Crippen LogP contribution in [-0.4, -0.2) is 4.57 Å². The second-order valence-electron chi connectivity index (χ2n) is 4.14. The van der Waals surface area contributed by atoms with Gasteiger partial charge in [0, 0.05) is 11.0 Å². The molecule has 3 nitrogen and oxygen atoms in total. The number of halogens is 1. The van der Waals surface area contributed by atoms with Crippen LogP contribution in [0.2, 0.25) is 0 Å². The van der Waals surface area contributed by atoms with Gasteiger partial charge in [0.2, 0.25) is 0 Å². The zero-order valence-electron chi connectivity index (χ0n) is 10.2. The van der Waals surface area contributed by atoms with Crippen LogP contribution in [0.25, 0.3) is 11.3 Å². The Hall–Kier alpha value is -1.55. The Balaban J connectivity index is 2.60. The van der Waals surface area contributed by atoms with Crippen LogP contribution in [0.4, 0.5) is 5.69 Å². The van der Waals surface area contributed by atoms with Crippen molar-refractivity contribution in [2.75, 3.05) is 5.73 Å². The quantitative estimate of drug-likeness (QED) is 0.946. The second-order valence-corrected chi connectivity index (χ2v) is 5.05. The summed E-state index contributed by atoms with van der Waals surface area (Å²) in [4.78, 5) is 12.0. The molecule has 0 aliphatic rings. The van der Waals surface area contributed by atoms with E-state index in [9.17, 15) is 4.79 Å². The zero-order chi connectivity index (χ0) is 13.1. The monoisotopic (exact) mass is 306 g/mol. The fourth-order valence-corrected chi connectivity index (χ4v) is 2.18. The van der Waals surface area contributed by atoms with E-state index in [4.69, 9.17) is 5.73 Å². The minimum absolute atomic E-state index is 0.114. The number of pyridine rings is 1. The molecule has 0 aliphatic heterocycles. The van der Waals surface area contributed by atoms with Crippen molar-refractivity contribution in [2.45, 2.75) is 19.9 Å². The van der Waals surface area contributed by atoms with E-state index in [1.807, 2.05) is 37.3 Å². The normalized spacial score (nSPS) is 10.6. The predicted molar refractivity (Wildman–Crippen MR) is 78.5 cm³/mol. The third kappa shape index (κ3) is 2.48. The van der Waals surface area contributed by atoms with Crippen molar-refractivity contribution < 1.29 is 0 Å². The topological polar surface area (TPSA) is 48.0 Å². The van der Waals surface area contributed by atoms with Gasteiger partial charge in [0.15, 0.2) is 0 Å². The summed E-state index contributed by atoms with van der Waals surface area (Å²) >= 11 is 3.40. The van der Waals surface area contributed by atoms with Crippen molar-refractivity contribution in [2.24, 2.45) is 0 Å². The van der Waals surface area contributed by atoms with Gasteiger partial charge in [-0.1, -0.05) is 35.0 Å². The van der Waals surface area contributed by atoms with Gasteiger partial charge in [-0.3, -0.25) is 4.79 Å². The second kappa shape index (κ2) is 5.40. The van der Waals surface area contributed by atoms with Crippen molar-refractivity contribution in [1.82, 2.24) is 4.57 Å². The number of nitrogens with two attached hydrogens (primary N) is 1. The maximum Gasteiger partial charge on any atom is 0.274 e. The fraction of sp³-hybridized carbons (Fsp3) is 0.214. The lowest BCUT2D eigenvalue weighted by molar-refractivity contribution is 0.663. The number of hydrogen-bond acceptors (Lipinski definition) is 2. The van der Waals surface area contributed by atoms with Crippen LogP contribution in [-0.2, 0) is 6.54 Å². The molecule has 0 saturated carbocycles. The van der Waals surface area contributed by atoms with Crippen LogP contribution in [0.3, 0.4) is 0 Å². The molecule has 2 aromatic rings. The van der Waals surface area contributed by atoms with Crippen molar-refractivity contribution in [3.8, 4) is 11.3 Å². The summed E-state index contributed by atoms with van der Waals surface area (Å²) in [5.41, 5.74) is 7.79. The molecule has 0 radical (unpaired) electrons. The van der Waals surface area contributed by atoms with Crippen molar-refractivity contribution in [1.29, 1.82) is 0 Å². The van der Waals surface area contributed by atoms with Gasteiger partial charge >= 0.3 is 0 Å². The minimum atomic E-state index is -0.114. The molecule has 0 unspecified atom stereocenters. The number of anilines is 1. The Kier molecular flexibility index (Phi) is 3.87. The Labute approximate surface area is 114 Å². The number of rotatable bonds is 3. The first-order valence-corrected chi connectivity index (χ1v) is 6.68. The summed E-state index contributed by atoms with van der Waals surface area (Å²) in [6, 6.07) is 11.5. The lowest BCUT2D eigenvalue weighted by atomic mass is 10.1. The average Bonchev–Trinajstić information content (AvgIpc) is 2.37. The summed E-state index contributed by atoms with van der Waals surface area (Å²) in [6.07, 6.45) is 0.896. The fourth-order valence-electron chi connectivity index (χ4n) is 1.91. The molecule has 0 fully saturated rings. The van der Waals surface area contributed by atoms with Gasteiger partial charge in [-0.25, -0.2) is 0 Å². The Morgan fingerprint density at radius 3 is 2.44 bits per heavy atom. The van der Waals surface area contributed by atoms with Crippen molar-refractivity contribution in [3.63, 3.8) is 0 Å². The van der Waals surface area contributed by atoms with E-state index in [1.165, 1.54) is 0 Å². The largest absolute Gasteiger partial charge is 0.394 e. The summed E-state index contributed by atoms with van der Waals surface area (Å²) in [5.74, 6) is 0. The number of hydrogen-bond donors (Lipinski definition) is 1. The highest BCUT2D eigenvalue weighted by Crippen LogP contribution is 2.21. The molecule has 94 valence electrons. The summed E-state index contributed by atoms with van der Waals surface area (Å²) in [6.45, 7) is 2.72. The van der Waals surface area contributed by atoms with Gasteiger partial charge in [-0.15, -0.1) is 0 Å². The maximum atomic E-state index is 12.0. The third-order valence-corrected chi connectivity index (χ3v) is 3.32. The first-order chi connectivity index (χ1) is 8.63. The summed E-state index contributed by atoms with van der Waals surface area (Å²) in [5, 5.41) is 0. The summed E-state index contributed by atoms with van der Waals surface area (Å²) < 4.78 is 2.75. The molecule has 0 aliphatic carbocycles. The van der Waals surface area contributed by atoms with Crippen molar-refractivity contribution in [3.05, 3.63) is 51.2 Å². The predicted octanol–water partition coefficient (Wildman–Crippen LogP) is 3.27. The molecule has 0 atom stereocenters. The third-order valence-electron chi connectivity index (χ3n) is 2.79. The Bertz CT molecular complexity index is 602. The SMILES string of the molecule is CCCn1c(-c2ccc(Br)cc2)ccc(N)c1=O. The highest BCUT2D eigenvalue weighted by Gasteiger charge is 2.08. The van der Waals surface area contributed by atoms with Gasteiger partial charge in [-0.2, -0.15) is 0 Å². The highest BCUT2D eigenvalue weighted by atomic mass is 79.9. The first kappa shape index (κ1) is 12.9. The van der Waals surface area contributed by atoms with Crippen LogP contribution >= 0.6 is 15.9 Å².